The minimum Gasteiger partial charge on any atom is -0.343 e. The fourth-order valence-corrected chi connectivity index (χ4v) is 7.03. The minimum absolute atomic E-state index is 0.0704. The largest absolute Gasteiger partial charge is 0.343 e. The third kappa shape index (κ3) is 5.72. The zero-order valence-electron chi connectivity index (χ0n) is 24.9. The van der Waals surface area contributed by atoms with Crippen LogP contribution in [-0.2, 0) is 24.7 Å². The van der Waals surface area contributed by atoms with Gasteiger partial charge in [-0.15, -0.1) is 11.3 Å². The first-order valence-electron chi connectivity index (χ1n) is 14.6. The number of hydrogen-bond acceptors (Lipinski definition) is 7. The second kappa shape index (κ2) is 11.8. The van der Waals surface area contributed by atoms with Gasteiger partial charge in [0, 0.05) is 55.2 Å². The van der Waals surface area contributed by atoms with E-state index in [1.165, 1.54) is 27.8 Å². The Balaban J connectivity index is 1.24. The van der Waals surface area contributed by atoms with Crippen LogP contribution in [0.15, 0.2) is 59.5 Å². The summed E-state index contributed by atoms with van der Waals surface area (Å²) in [7, 11) is 5.48. The number of piperazine rings is 1. The van der Waals surface area contributed by atoms with Gasteiger partial charge in [-0.2, -0.15) is 0 Å². The molecule has 2 N–H and O–H groups in total. The molecular weight excluding hydrogens is 560 g/mol. The van der Waals surface area contributed by atoms with E-state index in [0.717, 1.165) is 41.0 Å². The van der Waals surface area contributed by atoms with Crippen LogP contribution in [0.25, 0.3) is 11.3 Å². The van der Waals surface area contributed by atoms with Crippen molar-refractivity contribution in [3.8, 4) is 11.3 Å². The number of nitrogens with one attached hydrogen (secondary N) is 2. The molecule has 0 saturated carbocycles. The maximum atomic E-state index is 13.2. The van der Waals surface area contributed by atoms with Gasteiger partial charge in [-0.25, -0.2) is 4.98 Å². The van der Waals surface area contributed by atoms with Crippen molar-refractivity contribution in [2.24, 2.45) is 7.05 Å². The maximum absolute atomic E-state index is 13.2. The Kier molecular flexibility index (Phi) is 7.89. The lowest BCUT2D eigenvalue weighted by molar-refractivity contribution is -0.139. The monoisotopic (exact) mass is 596 g/mol. The molecule has 43 heavy (non-hydrogen) atoms. The number of fused-ring (bicyclic) bond motifs is 1. The fourth-order valence-electron chi connectivity index (χ4n) is 5.88. The third-order valence-corrected chi connectivity index (χ3v) is 9.71. The van der Waals surface area contributed by atoms with Gasteiger partial charge >= 0.3 is 0 Å². The van der Waals surface area contributed by atoms with Crippen LogP contribution in [0.4, 0.5) is 17.2 Å². The lowest BCUT2D eigenvalue weighted by Crippen LogP contribution is -2.48. The van der Waals surface area contributed by atoms with Crippen molar-refractivity contribution in [2.45, 2.75) is 38.6 Å². The van der Waals surface area contributed by atoms with Gasteiger partial charge in [0.25, 0.3) is 11.5 Å². The van der Waals surface area contributed by atoms with E-state index < -0.39 is 0 Å². The van der Waals surface area contributed by atoms with Crippen molar-refractivity contribution in [3.63, 3.8) is 0 Å². The van der Waals surface area contributed by atoms with E-state index in [0.29, 0.717) is 23.6 Å². The van der Waals surface area contributed by atoms with Crippen LogP contribution in [0.5, 0.6) is 0 Å². The fraction of sp³-hybridized carbons (Fsp3) is 0.333. The number of carbonyl (C=O) groups excluding carboxylic acids is 2. The number of thiophene rings is 1. The number of likely N-dealkylation sites (N-methyl/N-ethyl adjacent to an activating group) is 2. The van der Waals surface area contributed by atoms with Gasteiger partial charge < -0.3 is 20.1 Å². The van der Waals surface area contributed by atoms with E-state index in [1.807, 2.05) is 69.6 Å². The zero-order valence-corrected chi connectivity index (χ0v) is 25.8. The SMILES string of the molecule is Cc1c(NC(=O)c2cc3c(s2)CCCC3)cccc1-c1cn(C)c(=O)c(Nc2ccc([C@H]3C(=O)N(C)CCN3C)cc2)n1. The molecular formula is C33H36N6O3S. The molecule has 0 spiro atoms. The Hall–Kier alpha value is -4.28. The third-order valence-electron chi connectivity index (χ3n) is 8.48. The second-order valence-electron chi connectivity index (χ2n) is 11.5. The first kappa shape index (κ1) is 28.8. The number of aryl methyl sites for hydroxylation is 3. The average Bonchev–Trinajstić information content (AvgIpc) is 3.44. The number of nitrogens with zero attached hydrogens (tertiary/aromatic N) is 4. The molecule has 10 heteroatoms. The van der Waals surface area contributed by atoms with Crippen LogP contribution in [0.3, 0.4) is 0 Å². The number of amides is 2. The normalized spacial score (nSPS) is 17.1. The lowest BCUT2D eigenvalue weighted by Gasteiger charge is -2.37. The minimum atomic E-state index is -0.330. The van der Waals surface area contributed by atoms with Gasteiger partial charge in [0.2, 0.25) is 5.91 Å². The summed E-state index contributed by atoms with van der Waals surface area (Å²) in [4.78, 5) is 49.6. The predicted octanol–water partition coefficient (Wildman–Crippen LogP) is 5.14. The van der Waals surface area contributed by atoms with Crippen LogP contribution >= 0.6 is 11.3 Å². The van der Waals surface area contributed by atoms with Crippen molar-refractivity contribution in [2.75, 3.05) is 37.8 Å². The summed E-state index contributed by atoms with van der Waals surface area (Å²) in [5.41, 5.74) is 5.64. The number of rotatable bonds is 6. The Morgan fingerprint density at radius 2 is 1.77 bits per heavy atom. The number of hydrogen-bond donors (Lipinski definition) is 2. The van der Waals surface area contributed by atoms with Crippen LogP contribution < -0.4 is 16.2 Å². The summed E-state index contributed by atoms with van der Waals surface area (Å²) in [5.74, 6) is 0.156. The number of benzene rings is 2. The van der Waals surface area contributed by atoms with Gasteiger partial charge in [-0.05, 0) is 80.6 Å². The number of anilines is 3. The molecule has 9 nitrogen and oxygen atoms in total. The van der Waals surface area contributed by atoms with E-state index in [1.54, 1.807) is 29.5 Å². The molecule has 2 amide bonds. The van der Waals surface area contributed by atoms with Gasteiger partial charge in [0.1, 0.15) is 6.04 Å². The van der Waals surface area contributed by atoms with Crippen molar-refractivity contribution < 1.29 is 9.59 Å². The van der Waals surface area contributed by atoms with Crippen LogP contribution in [0.2, 0.25) is 0 Å². The summed E-state index contributed by atoms with van der Waals surface area (Å²) >= 11 is 1.59. The average molecular weight is 597 g/mol. The van der Waals surface area contributed by atoms with Crippen LogP contribution in [0, 0.1) is 6.92 Å². The highest BCUT2D eigenvalue weighted by molar-refractivity contribution is 7.14. The molecule has 1 saturated heterocycles. The van der Waals surface area contributed by atoms with Gasteiger partial charge in [-0.3, -0.25) is 19.3 Å². The Labute approximate surface area is 255 Å². The van der Waals surface area contributed by atoms with E-state index in [4.69, 9.17) is 4.98 Å². The van der Waals surface area contributed by atoms with E-state index in [2.05, 4.69) is 15.5 Å². The van der Waals surface area contributed by atoms with Crippen molar-refractivity contribution in [1.29, 1.82) is 0 Å². The highest BCUT2D eigenvalue weighted by Gasteiger charge is 2.32. The molecule has 1 fully saturated rings. The van der Waals surface area contributed by atoms with Gasteiger partial charge in [-0.1, -0.05) is 24.3 Å². The molecule has 1 atom stereocenters. The Morgan fingerprint density at radius 1 is 1.00 bits per heavy atom. The molecule has 1 aliphatic heterocycles. The zero-order chi connectivity index (χ0) is 30.2. The first-order chi connectivity index (χ1) is 20.7. The maximum Gasteiger partial charge on any atom is 0.293 e. The molecule has 0 bridgehead atoms. The van der Waals surface area contributed by atoms with Gasteiger partial charge in [0.15, 0.2) is 5.82 Å². The molecule has 4 aromatic rings. The molecule has 0 radical (unpaired) electrons. The summed E-state index contributed by atoms with van der Waals surface area (Å²) in [5, 5.41) is 6.27. The molecule has 2 aromatic carbocycles. The highest BCUT2D eigenvalue weighted by atomic mass is 32.1. The molecule has 3 heterocycles. The van der Waals surface area contributed by atoms with Crippen molar-refractivity contribution in [1.82, 2.24) is 19.4 Å². The molecule has 2 aliphatic rings. The second-order valence-corrected chi connectivity index (χ2v) is 12.6. The first-order valence-corrected chi connectivity index (χ1v) is 15.4. The van der Waals surface area contributed by atoms with E-state index in [-0.39, 0.29) is 29.2 Å². The molecule has 1 aliphatic carbocycles. The Bertz CT molecular complexity index is 1740. The smallest absolute Gasteiger partial charge is 0.293 e. The Morgan fingerprint density at radius 3 is 2.53 bits per heavy atom. The van der Waals surface area contributed by atoms with E-state index in [9.17, 15) is 14.4 Å². The predicted molar refractivity (Wildman–Crippen MR) is 171 cm³/mol. The molecule has 2 aromatic heterocycles. The molecule has 0 unspecified atom stereocenters. The quantitative estimate of drug-likeness (QED) is 0.320. The standard InChI is InChI=1S/C33H36N6O3S/c1-20-24(9-7-10-25(20)36-31(40)28-18-22-8-5-6-11-27(22)43-28)26-19-39(4)33(42)30(35-26)34-23-14-12-21(13-15-23)29-32(41)38(3)17-16-37(29)2/h7,9-10,12-15,18-19,29H,5-6,8,11,16-17H2,1-4H3,(H,34,35)(H,36,40)/t29-/m0/s1. The topological polar surface area (TPSA) is 99.6 Å². The summed E-state index contributed by atoms with van der Waals surface area (Å²) in [6.45, 7) is 3.46. The van der Waals surface area contributed by atoms with E-state index >= 15 is 0 Å². The lowest BCUT2D eigenvalue weighted by atomic mass is 9.99. The molecule has 222 valence electrons. The number of carbonyl (C=O) groups is 2. The molecule has 6 rings (SSSR count). The summed E-state index contributed by atoms with van der Waals surface area (Å²) < 4.78 is 1.51. The summed E-state index contributed by atoms with van der Waals surface area (Å²) in [6.07, 6.45) is 6.16. The number of aromatic nitrogens is 2. The summed E-state index contributed by atoms with van der Waals surface area (Å²) in [6, 6.07) is 15.0. The van der Waals surface area contributed by atoms with Crippen LogP contribution in [0.1, 0.15) is 50.1 Å². The highest BCUT2D eigenvalue weighted by Crippen LogP contribution is 2.32. The van der Waals surface area contributed by atoms with Gasteiger partial charge in [0.05, 0.1) is 10.6 Å². The van der Waals surface area contributed by atoms with Crippen LogP contribution in [-0.4, -0.2) is 58.4 Å². The van der Waals surface area contributed by atoms with Crippen molar-refractivity contribution in [3.05, 3.63) is 91.5 Å². The van der Waals surface area contributed by atoms with Crippen molar-refractivity contribution >= 4 is 40.3 Å².